The fraction of sp³-hybridized carbons (Fsp3) is 0.484. The fourth-order valence-electron chi connectivity index (χ4n) is 6.43. The topological polar surface area (TPSA) is 109 Å². The summed E-state index contributed by atoms with van der Waals surface area (Å²) in [6.45, 7) is 12.5. The van der Waals surface area contributed by atoms with Crippen LogP contribution in [-0.2, 0) is 27.4 Å². The van der Waals surface area contributed by atoms with Crippen LogP contribution in [0.2, 0.25) is 0 Å². The molecule has 0 aliphatic carbocycles. The van der Waals surface area contributed by atoms with Crippen LogP contribution in [0.5, 0.6) is 0 Å². The normalized spacial score (nSPS) is 22.0. The van der Waals surface area contributed by atoms with Crippen LogP contribution < -0.4 is 16.2 Å². The van der Waals surface area contributed by atoms with Gasteiger partial charge < -0.3 is 10.1 Å². The highest BCUT2D eigenvalue weighted by Crippen LogP contribution is 2.28. The van der Waals surface area contributed by atoms with Gasteiger partial charge in [-0.2, -0.15) is 0 Å². The van der Waals surface area contributed by atoms with Crippen molar-refractivity contribution in [1.82, 2.24) is 24.7 Å². The summed E-state index contributed by atoms with van der Waals surface area (Å²) in [7, 11) is 0. The molecule has 0 radical (unpaired) electrons. The van der Waals surface area contributed by atoms with Crippen molar-refractivity contribution in [3.05, 3.63) is 69.8 Å². The van der Waals surface area contributed by atoms with Crippen molar-refractivity contribution in [3.63, 3.8) is 0 Å². The van der Waals surface area contributed by atoms with E-state index in [0.29, 0.717) is 35.0 Å². The summed E-state index contributed by atoms with van der Waals surface area (Å²) >= 11 is 0. The van der Waals surface area contributed by atoms with Crippen molar-refractivity contribution in [2.45, 2.75) is 64.3 Å². The summed E-state index contributed by atoms with van der Waals surface area (Å²) in [6, 6.07) is 14.0. The highest BCUT2D eigenvalue weighted by atomic mass is 16.5. The largest absolute Gasteiger partial charge is 0.380 e. The molecule has 216 valence electrons. The van der Waals surface area contributed by atoms with E-state index in [-0.39, 0.29) is 29.8 Å². The lowest BCUT2D eigenvalue weighted by Crippen LogP contribution is -2.67. The number of aryl methyl sites for hydroxylation is 1. The van der Waals surface area contributed by atoms with Gasteiger partial charge in [0.15, 0.2) is 0 Å². The number of aromatic nitrogens is 2. The Morgan fingerprint density at radius 3 is 2.56 bits per heavy atom. The van der Waals surface area contributed by atoms with E-state index in [4.69, 9.17) is 4.74 Å². The van der Waals surface area contributed by atoms with E-state index >= 15 is 0 Å². The predicted molar refractivity (Wildman–Crippen MR) is 157 cm³/mol. The molecule has 0 spiro atoms. The van der Waals surface area contributed by atoms with Crippen molar-refractivity contribution in [3.8, 4) is 0 Å². The van der Waals surface area contributed by atoms with Crippen molar-refractivity contribution in [2.24, 2.45) is 0 Å². The number of hydrogen-bond acceptors (Lipinski definition) is 8. The molecular formula is C31H38N6O4. The van der Waals surface area contributed by atoms with Gasteiger partial charge in [0.1, 0.15) is 11.9 Å². The third-order valence-electron chi connectivity index (χ3n) is 8.63. The number of fused-ring (bicyclic) bond motifs is 1. The number of anilines is 1. The van der Waals surface area contributed by atoms with Crippen molar-refractivity contribution in [2.75, 3.05) is 38.2 Å². The summed E-state index contributed by atoms with van der Waals surface area (Å²) in [6.07, 6.45) is 0.477. The quantitative estimate of drug-likeness (QED) is 0.426. The van der Waals surface area contributed by atoms with Crippen LogP contribution in [0, 0.1) is 6.92 Å². The summed E-state index contributed by atoms with van der Waals surface area (Å²) in [5.74, 6) is -0.325. The number of morpholine rings is 1. The number of rotatable bonds is 7. The van der Waals surface area contributed by atoms with Crippen LogP contribution in [0.15, 0.2) is 47.3 Å². The number of carbonyl (C=O) groups is 2. The zero-order chi connectivity index (χ0) is 28.7. The van der Waals surface area contributed by atoms with E-state index in [1.54, 1.807) is 13.0 Å². The minimum atomic E-state index is -0.750. The minimum absolute atomic E-state index is 0.0979. The SMILES string of the molecule is Cc1nc2cccc(NCc3ccc(CN4CC(N5CCOCC5(C)C)C4)cc3)c2c(=O)n1C1CCC(=O)NC1=O. The number of likely N-dealkylation sites (tertiary alicyclic amines) is 1. The van der Waals surface area contributed by atoms with Gasteiger partial charge in [-0.3, -0.25) is 34.1 Å². The van der Waals surface area contributed by atoms with Gasteiger partial charge in [-0.25, -0.2) is 4.98 Å². The first kappa shape index (κ1) is 27.6. The Bertz CT molecular complexity index is 1530. The first-order valence-electron chi connectivity index (χ1n) is 14.4. The molecule has 2 N–H and O–H groups in total. The standard InChI is InChI=1S/C31H38N6O4/c1-20-33-25-6-4-5-24(28(25)30(40)37(20)26-11-12-27(38)34-29(26)39)32-15-21-7-9-22(10-8-21)16-35-17-23(18-35)36-13-14-41-19-31(36,2)3/h4-10,23,26,32H,11-19H2,1-3H3,(H,34,38,39). The maximum Gasteiger partial charge on any atom is 0.264 e. The molecule has 3 saturated heterocycles. The zero-order valence-corrected chi connectivity index (χ0v) is 24.0. The van der Waals surface area contributed by atoms with E-state index < -0.39 is 11.9 Å². The molecular weight excluding hydrogens is 520 g/mol. The number of imide groups is 1. The average molecular weight is 559 g/mol. The number of nitrogens with one attached hydrogen (secondary N) is 2. The number of nitrogens with zero attached hydrogens (tertiary/aromatic N) is 4. The van der Waals surface area contributed by atoms with Gasteiger partial charge >= 0.3 is 0 Å². The van der Waals surface area contributed by atoms with Crippen LogP contribution >= 0.6 is 0 Å². The van der Waals surface area contributed by atoms with Gasteiger partial charge in [-0.15, -0.1) is 0 Å². The van der Waals surface area contributed by atoms with E-state index in [1.807, 2.05) is 12.1 Å². The molecule has 2 aromatic carbocycles. The molecule has 4 heterocycles. The number of carbonyl (C=O) groups excluding carboxylic acids is 2. The number of benzene rings is 2. The second kappa shape index (κ2) is 11.0. The Morgan fingerprint density at radius 2 is 1.83 bits per heavy atom. The molecule has 3 aliphatic rings. The second-order valence-corrected chi connectivity index (χ2v) is 12.1. The molecule has 6 rings (SSSR count). The lowest BCUT2D eigenvalue weighted by atomic mass is 9.95. The lowest BCUT2D eigenvalue weighted by Gasteiger charge is -2.53. The molecule has 0 saturated carbocycles. The van der Waals surface area contributed by atoms with Gasteiger partial charge in [0.2, 0.25) is 11.8 Å². The van der Waals surface area contributed by atoms with Crippen LogP contribution in [0.1, 0.15) is 49.7 Å². The summed E-state index contributed by atoms with van der Waals surface area (Å²) < 4.78 is 7.10. The molecule has 3 fully saturated rings. The minimum Gasteiger partial charge on any atom is -0.380 e. The summed E-state index contributed by atoms with van der Waals surface area (Å²) in [5.41, 5.74) is 3.44. The second-order valence-electron chi connectivity index (χ2n) is 12.1. The molecule has 0 bridgehead atoms. The van der Waals surface area contributed by atoms with Crippen molar-refractivity contribution < 1.29 is 14.3 Å². The summed E-state index contributed by atoms with van der Waals surface area (Å²) in [4.78, 5) is 47.5. The van der Waals surface area contributed by atoms with Crippen LogP contribution in [0.4, 0.5) is 5.69 Å². The zero-order valence-electron chi connectivity index (χ0n) is 24.0. The Balaban J connectivity index is 1.11. The first-order chi connectivity index (χ1) is 19.7. The Morgan fingerprint density at radius 1 is 1.07 bits per heavy atom. The first-order valence-corrected chi connectivity index (χ1v) is 14.4. The van der Waals surface area contributed by atoms with Gasteiger partial charge in [0.25, 0.3) is 5.56 Å². The van der Waals surface area contributed by atoms with E-state index in [1.165, 1.54) is 10.1 Å². The molecule has 2 amide bonds. The predicted octanol–water partition coefficient (Wildman–Crippen LogP) is 2.59. The molecule has 41 heavy (non-hydrogen) atoms. The monoisotopic (exact) mass is 558 g/mol. The van der Waals surface area contributed by atoms with Crippen LogP contribution in [-0.4, -0.2) is 75.6 Å². The fourth-order valence-corrected chi connectivity index (χ4v) is 6.43. The summed E-state index contributed by atoms with van der Waals surface area (Å²) in [5, 5.41) is 6.20. The number of piperidine rings is 1. The van der Waals surface area contributed by atoms with Crippen LogP contribution in [0.3, 0.4) is 0 Å². The smallest absolute Gasteiger partial charge is 0.264 e. The maximum absolute atomic E-state index is 13.7. The molecule has 1 atom stereocenters. The number of amides is 2. The third-order valence-corrected chi connectivity index (χ3v) is 8.63. The van der Waals surface area contributed by atoms with Crippen molar-refractivity contribution >= 4 is 28.4 Å². The Labute approximate surface area is 239 Å². The van der Waals surface area contributed by atoms with Gasteiger partial charge in [0, 0.05) is 56.4 Å². The molecule has 3 aromatic rings. The van der Waals surface area contributed by atoms with Gasteiger partial charge in [0.05, 0.1) is 24.1 Å². The Kier molecular flexibility index (Phi) is 7.39. The molecule has 10 nitrogen and oxygen atoms in total. The highest BCUT2D eigenvalue weighted by molar-refractivity contribution is 5.99. The van der Waals surface area contributed by atoms with Crippen molar-refractivity contribution in [1.29, 1.82) is 0 Å². The number of hydrogen-bond donors (Lipinski definition) is 2. The maximum atomic E-state index is 13.7. The Hall–Kier alpha value is -3.60. The van der Waals surface area contributed by atoms with E-state index in [9.17, 15) is 14.4 Å². The van der Waals surface area contributed by atoms with E-state index in [0.717, 1.165) is 45.0 Å². The van der Waals surface area contributed by atoms with Gasteiger partial charge in [-0.1, -0.05) is 30.3 Å². The molecule has 10 heteroatoms. The number of ether oxygens (including phenoxy) is 1. The third kappa shape index (κ3) is 5.51. The molecule has 1 unspecified atom stereocenters. The lowest BCUT2D eigenvalue weighted by molar-refractivity contribution is -0.135. The van der Waals surface area contributed by atoms with Gasteiger partial charge in [-0.05, 0) is 50.5 Å². The average Bonchev–Trinajstić information content (AvgIpc) is 2.91. The highest BCUT2D eigenvalue weighted by Gasteiger charge is 2.40. The van der Waals surface area contributed by atoms with Crippen LogP contribution in [0.25, 0.3) is 10.9 Å². The molecule has 1 aromatic heterocycles. The van der Waals surface area contributed by atoms with E-state index in [2.05, 4.69) is 63.5 Å². The molecule has 3 aliphatic heterocycles.